The molecule has 8 nitrogen and oxygen atoms in total. The number of likely N-dealkylation sites (tertiary alicyclic amines) is 1. The van der Waals surface area contributed by atoms with Gasteiger partial charge in [0, 0.05) is 30.6 Å². The fourth-order valence-electron chi connectivity index (χ4n) is 5.56. The summed E-state index contributed by atoms with van der Waals surface area (Å²) in [7, 11) is 0. The molecule has 1 heterocycles. The summed E-state index contributed by atoms with van der Waals surface area (Å²) in [4.78, 5) is 38.7. The van der Waals surface area contributed by atoms with Crippen LogP contribution in [0.25, 0.3) is 0 Å². The highest BCUT2D eigenvalue weighted by Gasteiger charge is 2.40. The van der Waals surface area contributed by atoms with Gasteiger partial charge in [0.05, 0.1) is 12.3 Å². The minimum absolute atomic E-state index is 0.0237. The number of amides is 2. The molecule has 8 heteroatoms. The molecular formula is C29H36N4O4. The topological polar surface area (TPSA) is 137 Å². The van der Waals surface area contributed by atoms with Crippen molar-refractivity contribution in [3.8, 4) is 0 Å². The molecule has 1 saturated heterocycles. The highest BCUT2D eigenvalue weighted by molar-refractivity contribution is 5.94. The number of nitrogens with one attached hydrogen (secondary N) is 2. The van der Waals surface area contributed by atoms with Crippen molar-refractivity contribution in [1.29, 1.82) is 5.41 Å². The molecule has 5 N–H and O–H groups in total. The summed E-state index contributed by atoms with van der Waals surface area (Å²) in [6.45, 7) is 1.06. The van der Waals surface area contributed by atoms with Crippen molar-refractivity contribution in [2.75, 3.05) is 13.1 Å². The van der Waals surface area contributed by atoms with Crippen molar-refractivity contribution >= 4 is 23.6 Å². The summed E-state index contributed by atoms with van der Waals surface area (Å²) in [5.74, 6) is -1.12. The molecule has 0 bridgehead atoms. The van der Waals surface area contributed by atoms with Gasteiger partial charge < -0.3 is 21.1 Å². The third kappa shape index (κ3) is 6.76. The number of hydrogen-bond donors (Lipinski definition) is 4. The van der Waals surface area contributed by atoms with Crippen molar-refractivity contribution in [2.45, 2.75) is 56.9 Å². The molecule has 196 valence electrons. The van der Waals surface area contributed by atoms with Crippen LogP contribution in [-0.2, 0) is 20.8 Å². The Balaban J connectivity index is 1.24. The number of amidine groups is 1. The zero-order chi connectivity index (χ0) is 26.4. The highest BCUT2D eigenvalue weighted by Crippen LogP contribution is 2.41. The second-order valence-corrected chi connectivity index (χ2v) is 10.3. The number of carboxylic acids is 1. The molecule has 1 aliphatic heterocycles. The van der Waals surface area contributed by atoms with Crippen molar-refractivity contribution in [3.63, 3.8) is 0 Å². The first-order valence-corrected chi connectivity index (χ1v) is 13.1. The van der Waals surface area contributed by atoms with E-state index in [4.69, 9.17) is 11.1 Å². The zero-order valence-corrected chi connectivity index (χ0v) is 21.1. The van der Waals surface area contributed by atoms with E-state index in [9.17, 15) is 19.5 Å². The van der Waals surface area contributed by atoms with Crippen LogP contribution in [0.1, 0.15) is 61.1 Å². The van der Waals surface area contributed by atoms with E-state index < -0.39 is 11.9 Å². The van der Waals surface area contributed by atoms with Crippen LogP contribution in [0.2, 0.25) is 0 Å². The molecule has 2 aromatic carbocycles. The summed E-state index contributed by atoms with van der Waals surface area (Å²) in [5, 5.41) is 19.8. The van der Waals surface area contributed by atoms with Crippen LogP contribution in [0.3, 0.4) is 0 Å². The lowest BCUT2D eigenvalue weighted by Gasteiger charge is -2.35. The van der Waals surface area contributed by atoms with Crippen LogP contribution in [0.5, 0.6) is 0 Å². The maximum atomic E-state index is 12.9. The Morgan fingerprint density at radius 3 is 2.41 bits per heavy atom. The van der Waals surface area contributed by atoms with Gasteiger partial charge in [0.1, 0.15) is 5.84 Å². The molecule has 37 heavy (non-hydrogen) atoms. The van der Waals surface area contributed by atoms with Crippen molar-refractivity contribution < 1.29 is 19.5 Å². The van der Waals surface area contributed by atoms with E-state index in [0.717, 1.165) is 31.2 Å². The maximum Gasteiger partial charge on any atom is 0.304 e. The van der Waals surface area contributed by atoms with E-state index in [1.807, 2.05) is 47.4 Å². The monoisotopic (exact) mass is 504 g/mol. The van der Waals surface area contributed by atoms with Crippen LogP contribution < -0.4 is 11.1 Å². The maximum absolute atomic E-state index is 12.9. The Kier molecular flexibility index (Phi) is 8.58. The molecule has 0 aromatic heterocycles. The molecule has 1 aliphatic carbocycles. The highest BCUT2D eigenvalue weighted by atomic mass is 16.4. The summed E-state index contributed by atoms with van der Waals surface area (Å²) in [6, 6.07) is 17.7. The smallest absolute Gasteiger partial charge is 0.304 e. The Morgan fingerprint density at radius 1 is 1.05 bits per heavy atom. The van der Waals surface area contributed by atoms with Gasteiger partial charge >= 0.3 is 5.97 Å². The van der Waals surface area contributed by atoms with Crippen LogP contribution in [0.4, 0.5) is 0 Å². The lowest BCUT2D eigenvalue weighted by Crippen LogP contribution is -2.41. The summed E-state index contributed by atoms with van der Waals surface area (Å²) in [6.07, 6.45) is 4.26. The van der Waals surface area contributed by atoms with Gasteiger partial charge in [-0.25, -0.2) is 0 Å². The van der Waals surface area contributed by atoms with E-state index in [0.29, 0.717) is 37.4 Å². The Morgan fingerprint density at radius 2 is 1.76 bits per heavy atom. The zero-order valence-electron chi connectivity index (χ0n) is 21.1. The molecule has 0 unspecified atom stereocenters. The quantitative estimate of drug-likeness (QED) is 0.260. The number of aliphatic carboxylic acids is 1. The van der Waals surface area contributed by atoms with Gasteiger partial charge in [-0.15, -0.1) is 0 Å². The average Bonchev–Trinajstić information content (AvgIpc) is 3.13. The minimum atomic E-state index is -0.952. The molecule has 2 aromatic rings. The van der Waals surface area contributed by atoms with E-state index in [1.54, 1.807) is 0 Å². The van der Waals surface area contributed by atoms with Gasteiger partial charge in [0.2, 0.25) is 11.8 Å². The van der Waals surface area contributed by atoms with Gasteiger partial charge in [-0.05, 0) is 55.6 Å². The van der Waals surface area contributed by atoms with Gasteiger partial charge in [-0.2, -0.15) is 0 Å². The number of carboxylic acid groups (broad SMARTS) is 1. The second kappa shape index (κ2) is 12.0. The minimum Gasteiger partial charge on any atom is -0.481 e. The van der Waals surface area contributed by atoms with E-state index in [1.165, 1.54) is 5.56 Å². The van der Waals surface area contributed by atoms with Gasteiger partial charge in [-0.3, -0.25) is 19.8 Å². The average molecular weight is 505 g/mol. The number of nitrogens with zero attached hydrogens (tertiary/aromatic N) is 1. The van der Waals surface area contributed by atoms with Gasteiger partial charge in [0.15, 0.2) is 0 Å². The standard InChI is InChI=1S/C29H36N4O4/c30-27(31)21-10-8-20(9-11-21)22-15-23(16-22)28(36)32-13-12-25-17-24(18-26(34)35)29(37)33(25)14-4-7-19-5-2-1-3-6-19/h1-3,5-6,8-11,22-25H,4,7,12-18H2,(H3,30,31)(H,32,36)(H,34,35)/t22-,23+,24-,25+/m0/s1. The van der Waals surface area contributed by atoms with Crippen LogP contribution in [-0.4, -0.2) is 52.8 Å². The molecule has 1 saturated carbocycles. The molecule has 2 aliphatic rings. The summed E-state index contributed by atoms with van der Waals surface area (Å²) >= 11 is 0. The summed E-state index contributed by atoms with van der Waals surface area (Å²) in [5.41, 5.74) is 8.59. The largest absolute Gasteiger partial charge is 0.481 e. The normalized spacial score (nSPS) is 22.9. The van der Waals surface area contributed by atoms with Gasteiger partial charge in [0.25, 0.3) is 0 Å². The number of benzene rings is 2. The first kappa shape index (κ1) is 26.4. The van der Waals surface area contributed by atoms with E-state index >= 15 is 0 Å². The number of hydrogen-bond acceptors (Lipinski definition) is 4. The Labute approximate surface area is 217 Å². The second-order valence-electron chi connectivity index (χ2n) is 10.3. The third-order valence-electron chi connectivity index (χ3n) is 7.74. The predicted molar refractivity (Wildman–Crippen MR) is 141 cm³/mol. The lowest BCUT2D eigenvalue weighted by atomic mass is 9.71. The third-order valence-corrected chi connectivity index (χ3v) is 7.74. The summed E-state index contributed by atoms with van der Waals surface area (Å²) < 4.78 is 0. The lowest BCUT2D eigenvalue weighted by molar-refractivity contribution is -0.142. The number of carbonyl (C=O) groups is 3. The van der Waals surface area contributed by atoms with E-state index in [-0.39, 0.29) is 36.0 Å². The molecule has 2 amide bonds. The van der Waals surface area contributed by atoms with Crippen molar-refractivity contribution in [3.05, 3.63) is 71.3 Å². The number of carbonyl (C=O) groups excluding carboxylic acids is 2. The first-order valence-electron chi connectivity index (χ1n) is 13.1. The molecule has 0 spiro atoms. The van der Waals surface area contributed by atoms with Gasteiger partial charge in [-0.1, -0.05) is 54.6 Å². The Bertz CT molecular complexity index is 1110. The molecule has 4 rings (SSSR count). The van der Waals surface area contributed by atoms with Crippen LogP contribution in [0.15, 0.2) is 54.6 Å². The molecule has 2 atom stereocenters. The van der Waals surface area contributed by atoms with Crippen molar-refractivity contribution in [1.82, 2.24) is 10.2 Å². The number of nitrogens with two attached hydrogens (primary N) is 1. The number of aryl methyl sites for hydroxylation is 1. The van der Waals surface area contributed by atoms with Crippen molar-refractivity contribution in [2.24, 2.45) is 17.6 Å². The Hall–Kier alpha value is -3.68. The predicted octanol–water partition coefficient (Wildman–Crippen LogP) is 3.30. The fourth-order valence-corrected chi connectivity index (χ4v) is 5.56. The first-order chi connectivity index (χ1) is 17.8. The molecule has 2 fully saturated rings. The number of nitrogen functional groups attached to an aromatic ring is 1. The van der Waals surface area contributed by atoms with Crippen LogP contribution in [0, 0.1) is 17.2 Å². The van der Waals surface area contributed by atoms with Crippen LogP contribution >= 0.6 is 0 Å². The van der Waals surface area contributed by atoms with E-state index in [2.05, 4.69) is 17.4 Å². The fraction of sp³-hybridized carbons (Fsp3) is 0.448. The molecular weight excluding hydrogens is 468 g/mol. The SMILES string of the molecule is N=C(N)c1ccc([C@H]2C[C@@H](C(=O)NCC[C@@H]3C[C@@H](CC(=O)O)C(=O)N3CCCc3ccccc3)C2)cc1. The number of rotatable bonds is 12. The molecule has 0 radical (unpaired) electrons.